The summed E-state index contributed by atoms with van der Waals surface area (Å²) in [5.74, 6) is -0.772. The summed E-state index contributed by atoms with van der Waals surface area (Å²) in [6, 6.07) is 43.1. The van der Waals surface area contributed by atoms with E-state index in [2.05, 4.69) is 0 Å². The van der Waals surface area contributed by atoms with Crippen molar-refractivity contribution in [2.45, 2.75) is 63.4 Å². The minimum atomic E-state index is -1.58. The van der Waals surface area contributed by atoms with Crippen LogP contribution < -0.4 is 4.74 Å². The molecule has 8 heteroatoms. The summed E-state index contributed by atoms with van der Waals surface area (Å²) < 4.78 is 38.9. The van der Waals surface area contributed by atoms with Crippen LogP contribution in [-0.4, -0.2) is 44.4 Å². The molecular formula is C43H43ClO7. The first kappa shape index (κ1) is 36.5. The summed E-state index contributed by atoms with van der Waals surface area (Å²) in [5, 5.41) is 0.587. The quantitative estimate of drug-likeness (QED) is 0.0954. The van der Waals surface area contributed by atoms with Crippen molar-refractivity contribution in [3.05, 3.63) is 172 Å². The molecule has 0 radical (unpaired) electrons. The number of carbonyl (C=O) groups excluding carboxylic acids is 1. The Morgan fingerprint density at radius 1 is 0.686 bits per heavy atom. The summed E-state index contributed by atoms with van der Waals surface area (Å²) in [5.41, 5.74) is 5.40. The van der Waals surface area contributed by atoms with Crippen molar-refractivity contribution in [3.8, 4) is 5.75 Å². The van der Waals surface area contributed by atoms with Crippen molar-refractivity contribution in [2.24, 2.45) is 0 Å². The van der Waals surface area contributed by atoms with E-state index in [0.29, 0.717) is 23.6 Å². The molecule has 6 rings (SSSR count). The molecule has 1 fully saturated rings. The van der Waals surface area contributed by atoms with Crippen molar-refractivity contribution in [1.82, 2.24) is 0 Å². The summed E-state index contributed by atoms with van der Waals surface area (Å²) in [4.78, 5) is 13.0. The molecule has 1 heterocycles. The molecule has 1 saturated heterocycles. The zero-order chi connectivity index (χ0) is 35.5. The van der Waals surface area contributed by atoms with Gasteiger partial charge in [0.15, 0.2) is 6.29 Å². The minimum absolute atomic E-state index is 0.231. The van der Waals surface area contributed by atoms with Crippen LogP contribution in [0, 0.1) is 0 Å². The lowest BCUT2D eigenvalue weighted by Gasteiger charge is -2.51. The van der Waals surface area contributed by atoms with Gasteiger partial charge in [-0.1, -0.05) is 121 Å². The topological polar surface area (TPSA) is 72.5 Å². The molecule has 5 aromatic rings. The molecule has 7 nitrogen and oxygen atoms in total. The lowest BCUT2D eigenvalue weighted by atomic mass is 9.86. The van der Waals surface area contributed by atoms with Gasteiger partial charge in [0.05, 0.1) is 26.4 Å². The smallest absolute Gasteiger partial charge is 0.225 e. The van der Waals surface area contributed by atoms with Gasteiger partial charge in [0.1, 0.15) is 30.2 Å². The zero-order valence-electron chi connectivity index (χ0n) is 28.9. The van der Waals surface area contributed by atoms with E-state index >= 15 is 0 Å². The van der Waals surface area contributed by atoms with Gasteiger partial charge in [-0.25, -0.2) is 0 Å². The average molecular weight is 707 g/mol. The van der Waals surface area contributed by atoms with Crippen LogP contribution in [0.1, 0.15) is 40.3 Å². The van der Waals surface area contributed by atoms with E-state index in [-0.39, 0.29) is 19.8 Å². The highest BCUT2D eigenvalue weighted by Gasteiger charge is 2.58. The van der Waals surface area contributed by atoms with Crippen LogP contribution >= 0.6 is 11.6 Å². The Morgan fingerprint density at radius 2 is 1.24 bits per heavy atom. The number of hydrogen-bond acceptors (Lipinski definition) is 7. The Balaban J connectivity index is 1.41. The van der Waals surface area contributed by atoms with Crippen molar-refractivity contribution in [2.75, 3.05) is 13.7 Å². The Bertz CT molecular complexity index is 1800. The summed E-state index contributed by atoms with van der Waals surface area (Å²) >= 11 is 6.82. The molecule has 5 aromatic carbocycles. The minimum Gasteiger partial charge on any atom is -0.494 e. The molecule has 0 spiro atoms. The zero-order valence-corrected chi connectivity index (χ0v) is 29.6. The van der Waals surface area contributed by atoms with Gasteiger partial charge in [-0.05, 0) is 65.4 Å². The predicted molar refractivity (Wildman–Crippen MR) is 197 cm³/mol. The molecule has 0 bridgehead atoms. The van der Waals surface area contributed by atoms with Crippen LogP contribution in [0.25, 0.3) is 0 Å². The van der Waals surface area contributed by atoms with E-state index in [1.54, 1.807) is 7.11 Å². The van der Waals surface area contributed by atoms with Crippen LogP contribution in [0.15, 0.2) is 133 Å². The molecule has 264 valence electrons. The lowest BCUT2D eigenvalue weighted by molar-refractivity contribution is -0.373. The van der Waals surface area contributed by atoms with Gasteiger partial charge in [0, 0.05) is 17.7 Å². The highest BCUT2D eigenvalue weighted by Crippen LogP contribution is 2.44. The first-order valence-electron chi connectivity index (χ1n) is 17.2. The normalized spacial score (nSPS) is 21.6. The summed E-state index contributed by atoms with van der Waals surface area (Å²) in [6.07, 6.45) is -2.27. The molecule has 1 aliphatic rings. The van der Waals surface area contributed by atoms with Gasteiger partial charge >= 0.3 is 0 Å². The number of ether oxygens (including phenoxy) is 6. The van der Waals surface area contributed by atoms with E-state index in [1.807, 2.05) is 140 Å². The monoisotopic (exact) mass is 706 g/mol. The van der Waals surface area contributed by atoms with E-state index in [4.69, 9.17) is 40.0 Å². The van der Waals surface area contributed by atoms with E-state index < -0.39 is 30.2 Å². The van der Waals surface area contributed by atoms with Crippen LogP contribution in [0.4, 0.5) is 0 Å². The highest BCUT2D eigenvalue weighted by molar-refractivity contribution is 6.31. The molecule has 5 atom stereocenters. The highest BCUT2D eigenvalue weighted by atomic mass is 35.5. The molecule has 0 aliphatic carbocycles. The van der Waals surface area contributed by atoms with Crippen molar-refractivity contribution in [1.29, 1.82) is 0 Å². The Hall–Kier alpha value is -4.34. The molecule has 0 N–H and O–H groups in total. The fraction of sp³-hybridized carbons (Fsp3) is 0.279. The van der Waals surface area contributed by atoms with Crippen molar-refractivity contribution >= 4 is 17.9 Å². The summed E-state index contributed by atoms with van der Waals surface area (Å²) in [7, 11) is 1.56. The Kier molecular flexibility index (Phi) is 12.7. The van der Waals surface area contributed by atoms with Gasteiger partial charge in [0.25, 0.3) is 0 Å². The predicted octanol–water partition coefficient (Wildman–Crippen LogP) is 8.48. The van der Waals surface area contributed by atoms with E-state index in [1.165, 1.54) is 0 Å². The van der Waals surface area contributed by atoms with Gasteiger partial charge in [-0.2, -0.15) is 0 Å². The largest absolute Gasteiger partial charge is 0.494 e. The number of aldehydes is 1. The fourth-order valence-corrected chi connectivity index (χ4v) is 6.60. The van der Waals surface area contributed by atoms with Gasteiger partial charge in [0.2, 0.25) is 5.79 Å². The van der Waals surface area contributed by atoms with Crippen LogP contribution in [-0.2, 0) is 60.5 Å². The number of hydrogen-bond donors (Lipinski definition) is 0. The third-order valence-electron chi connectivity index (χ3n) is 8.99. The maximum absolute atomic E-state index is 13.0. The van der Waals surface area contributed by atoms with Crippen molar-refractivity contribution < 1.29 is 33.2 Å². The number of halogens is 1. The van der Waals surface area contributed by atoms with E-state index in [9.17, 15) is 4.79 Å². The standard InChI is InChI=1S/C43H43ClO7/c1-3-47-37-22-19-31(20-23-37)25-35-26-36(21-24-38(35)44)43(46-2)42(50-30-34-17-11-6-12-18-34)41(49-29-33-15-9-5-10-16-33)40(39(27-45)51-43)48-28-32-13-7-4-8-14-32/h4-24,26-27,39-42H,3,25,28-30H2,1-2H3/t39-,40-,41+,42-,43+/m1/s1. The molecule has 0 unspecified atom stereocenters. The van der Waals surface area contributed by atoms with Crippen LogP contribution in [0.3, 0.4) is 0 Å². The maximum Gasteiger partial charge on any atom is 0.225 e. The average Bonchev–Trinajstić information content (AvgIpc) is 3.18. The second-order valence-electron chi connectivity index (χ2n) is 12.4. The maximum atomic E-state index is 13.0. The number of rotatable bonds is 16. The molecule has 51 heavy (non-hydrogen) atoms. The van der Waals surface area contributed by atoms with Crippen LogP contribution in [0.5, 0.6) is 5.75 Å². The first-order valence-corrected chi connectivity index (χ1v) is 17.6. The van der Waals surface area contributed by atoms with Crippen molar-refractivity contribution in [3.63, 3.8) is 0 Å². The SMILES string of the molecule is CCOc1ccc(Cc2cc([C@]3(OC)O[C@H](C=O)[C@@H](OCc4ccccc4)[C@H](OCc4ccccc4)[C@H]3OCc3ccccc3)ccc2Cl)cc1. The van der Waals surface area contributed by atoms with Crippen LogP contribution in [0.2, 0.25) is 5.02 Å². The molecule has 1 aliphatic heterocycles. The third-order valence-corrected chi connectivity index (χ3v) is 9.36. The molecule has 0 saturated carbocycles. The van der Waals surface area contributed by atoms with E-state index in [0.717, 1.165) is 39.9 Å². The van der Waals surface area contributed by atoms with Gasteiger partial charge in [-0.3, -0.25) is 0 Å². The summed E-state index contributed by atoms with van der Waals surface area (Å²) in [6.45, 7) is 3.27. The first-order chi connectivity index (χ1) is 25.0. The third kappa shape index (κ3) is 8.94. The molecule has 0 amide bonds. The fourth-order valence-electron chi connectivity index (χ4n) is 6.42. The van der Waals surface area contributed by atoms with Gasteiger partial charge in [-0.15, -0.1) is 0 Å². The number of carbonyl (C=O) groups is 1. The second-order valence-corrected chi connectivity index (χ2v) is 12.8. The lowest BCUT2D eigenvalue weighted by Crippen LogP contribution is -2.65. The second kappa shape index (κ2) is 17.7. The Labute approximate surface area is 305 Å². The number of methoxy groups -OCH3 is 1. The van der Waals surface area contributed by atoms with Gasteiger partial charge < -0.3 is 33.2 Å². The molecule has 0 aromatic heterocycles. The number of benzene rings is 5. The molecular weight excluding hydrogens is 664 g/mol. The Morgan fingerprint density at radius 3 is 1.76 bits per heavy atom.